The molecule has 0 radical (unpaired) electrons. The molecule has 0 atom stereocenters. The van der Waals surface area contributed by atoms with Crippen molar-refractivity contribution in [1.82, 2.24) is 9.78 Å². The van der Waals surface area contributed by atoms with Crippen LogP contribution in [0, 0.1) is 5.95 Å². The van der Waals surface area contributed by atoms with Gasteiger partial charge in [-0.3, -0.25) is 4.68 Å². The molecule has 0 aromatic carbocycles. The molecule has 1 heterocycles. The second-order valence-corrected chi connectivity index (χ2v) is 1.55. The number of nitrogens with two attached hydrogens (primary N) is 1. The average molecular weight is 152 g/mol. The summed E-state index contributed by atoms with van der Waals surface area (Å²) in [6.07, 6.45) is 1.41. The van der Waals surface area contributed by atoms with Crippen molar-refractivity contribution in [3.05, 3.63) is 12.1 Å². The lowest BCUT2D eigenvalue weighted by Crippen LogP contribution is -1.86. The van der Waals surface area contributed by atoms with Crippen molar-refractivity contribution in [2.45, 2.75) is 0 Å². The number of hydrogen-bond acceptors (Lipinski definition) is 2. The first kappa shape index (κ1) is 8.23. The van der Waals surface area contributed by atoms with Gasteiger partial charge in [0.05, 0.1) is 6.20 Å². The van der Waals surface area contributed by atoms with Gasteiger partial charge >= 0.3 is 0 Å². The Labute approximate surface area is 58.1 Å². The Balaban J connectivity index is 0.000000640. The molecule has 0 saturated carbocycles. The molecule has 0 unspecified atom stereocenters. The number of nitrogen functional groups attached to an aromatic ring is 1. The van der Waals surface area contributed by atoms with E-state index in [1.54, 1.807) is 7.05 Å². The molecule has 9 heavy (non-hydrogen) atoms. The summed E-state index contributed by atoms with van der Waals surface area (Å²) in [6, 6.07) is 0. The molecule has 5 heteroatoms. The minimum absolute atomic E-state index is 0. The first-order valence-corrected chi connectivity index (χ1v) is 2.15. The Bertz CT molecular complexity index is 178. The molecule has 0 spiro atoms. The lowest BCUT2D eigenvalue weighted by Gasteiger charge is -1.77. The fourth-order valence-electron chi connectivity index (χ4n) is 0.480. The molecular formula is C4H7ClFN3. The van der Waals surface area contributed by atoms with Crippen molar-refractivity contribution in [2.75, 3.05) is 5.73 Å². The van der Waals surface area contributed by atoms with Crippen LogP contribution in [-0.2, 0) is 7.05 Å². The van der Waals surface area contributed by atoms with Crippen LogP contribution in [0.2, 0.25) is 0 Å². The molecule has 1 aromatic rings. The number of aromatic nitrogens is 2. The average Bonchev–Trinajstić information content (AvgIpc) is 1.85. The van der Waals surface area contributed by atoms with Crippen LogP contribution in [0.5, 0.6) is 0 Å². The van der Waals surface area contributed by atoms with Gasteiger partial charge in [0.1, 0.15) is 5.69 Å². The number of halogens is 2. The fraction of sp³-hybridized carbons (Fsp3) is 0.250. The summed E-state index contributed by atoms with van der Waals surface area (Å²) in [4.78, 5) is 0. The van der Waals surface area contributed by atoms with E-state index in [9.17, 15) is 4.39 Å². The van der Waals surface area contributed by atoms with Crippen LogP contribution in [0.15, 0.2) is 6.20 Å². The monoisotopic (exact) mass is 151 g/mol. The van der Waals surface area contributed by atoms with Crippen molar-refractivity contribution < 1.29 is 4.39 Å². The van der Waals surface area contributed by atoms with Gasteiger partial charge in [0.15, 0.2) is 0 Å². The van der Waals surface area contributed by atoms with Gasteiger partial charge in [0, 0.05) is 7.05 Å². The maximum atomic E-state index is 12.1. The molecule has 2 N–H and O–H groups in total. The van der Waals surface area contributed by atoms with Gasteiger partial charge in [-0.25, -0.2) is 0 Å². The second-order valence-electron chi connectivity index (χ2n) is 1.55. The molecule has 0 aliphatic heterocycles. The van der Waals surface area contributed by atoms with Crippen LogP contribution in [0.4, 0.5) is 10.1 Å². The lowest BCUT2D eigenvalue weighted by atomic mass is 10.6. The Kier molecular flexibility index (Phi) is 2.45. The van der Waals surface area contributed by atoms with E-state index in [0.29, 0.717) is 0 Å². The molecular weight excluding hydrogens is 145 g/mol. The first-order valence-electron chi connectivity index (χ1n) is 2.15. The Morgan fingerprint density at radius 3 is 2.44 bits per heavy atom. The zero-order valence-electron chi connectivity index (χ0n) is 4.84. The number of hydrogen-bond donors (Lipinski definition) is 1. The highest BCUT2D eigenvalue weighted by atomic mass is 35.5. The number of rotatable bonds is 0. The Morgan fingerprint density at radius 1 is 1.78 bits per heavy atom. The quantitative estimate of drug-likeness (QED) is 0.589. The zero-order chi connectivity index (χ0) is 6.15. The summed E-state index contributed by atoms with van der Waals surface area (Å²) < 4.78 is 13.4. The summed E-state index contributed by atoms with van der Waals surface area (Å²) in [5.41, 5.74) is 5.17. The van der Waals surface area contributed by atoms with Crippen LogP contribution >= 0.6 is 12.4 Å². The standard InChI is InChI=1S/C4H6FN3.ClH/c1-8-2-3(6)4(5)7-8;/h2H,6H2,1H3;1H. The van der Waals surface area contributed by atoms with Crippen molar-refractivity contribution in [1.29, 1.82) is 0 Å². The third kappa shape index (κ3) is 1.57. The van der Waals surface area contributed by atoms with E-state index in [2.05, 4.69) is 5.10 Å². The predicted octanol–water partition coefficient (Wildman–Crippen LogP) is 0.563. The van der Waals surface area contributed by atoms with E-state index in [1.165, 1.54) is 10.9 Å². The van der Waals surface area contributed by atoms with Crippen LogP contribution in [0.1, 0.15) is 0 Å². The van der Waals surface area contributed by atoms with Crippen LogP contribution in [0.3, 0.4) is 0 Å². The summed E-state index contributed by atoms with van der Waals surface area (Å²) in [5.74, 6) is -0.604. The topological polar surface area (TPSA) is 43.8 Å². The maximum absolute atomic E-state index is 12.1. The van der Waals surface area contributed by atoms with Crippen LogP contribution < -0.4 is 5.73 Å². The Morgan fingerprint density at radius 2 is 2.33 bits per heavy atom. The first-order chi connectivity index (χ1) is 3.70. The summed E-state index contributed by atoms with van der Waals surface area (Å²) in [6.45, 7) is 0. The molecule has 0 saturated heterocycles. The maximum Gasteiger partial charge on any atom is 0.255 e. The third-order valence-corrected chi connectivity index (χ3v) is 0.810. The van der Waals surface area contributed by atoms with Crippen LogP contribution in [-0.4, -0.2) is 9.78 Å². The number of anilines is 1. The van der Waals surface area contributed by atoms with E-state index in [1.807, 2.05) is 0 Å². The highest BCUT2D eigenvalue weighted by Crippen LogP contribution is 2.02. The molecule has 1 rings (SSSR count). The summed E-state index contributed by atoms with van der Waals surface area (Å²) >= 11 is 0. The normalized spacial score (nSPS) is 8.67. The largest absolute Gasteiger partial charge is 0.394 e. The molecule has 1 aromatic heterocycles. The minimum Gasteiger partial charge on any atom is -0.394 e. The highest BCUT2D eigenvalue weighted by molar-refractivity contribution is 5.85. The third-order valence-electron chi connectivity index (χ3n) is 0.810. The molecule has 0 fully saturated rings. The highest BCUT2D eigenvalue weighted by Gasteiger charge is 1.98. The lowest BCUT2D eigenvalue weighted by molar-refractivity contribution is 0.556. The van der Waals surface area contributed by atoms with E-state index in [4.69, 9.17) is 5.73 Å². The van der Waals surface area contributed by atoms with Gasteiger partial charge in [0.25, 0.3) is 5.95 Å². The number of aryl methyl sites for hydroxylation is 1. The van der Waals surface area contributed by atoms with Crippen molar-refractivity contribution in [3.8, 4) is 0 Å². The number of nitrogens with zero attached hydrogens (tertiary/aromatic N) is 2. The van der Waals surface area contributed by atoms with Gasteiger partial charge < -0.3 is 5.73 Å². The minimum atomic E-state index is -0.604. The van der Waals surface area contributed by atoms with E-state index in [0.717, 1.165) is 0 Å². The van der Waals surface area contributed by atoms with E-state index in [-0.39, 0.29) is 18.1 Å². The molecule has 52 valence electrons. The molecule has 0 aliphatic carbocycles. The van der Waals surface area contributed by atoms with E-state index >= 15 is 0 Å². The van der Waals surface area contributed by atoms with Crippen LogP contribution in [0.25, 0.3) is 0 Å². The molecule has 0 amide bonds. The van der Waals surface area contributed by atoms with E-state index < -0.39 is 5.95 Å². The van der Waals surface area contributed by atoms with Crippen molar-refractivity contribution in [2.24, 2.45) is 7.05 Å². The van der Waals surface area contributed by atoms with Gasteiger partial charge in [-0.1, -0.05) is 0 Å². The fourth-order valence-corrected chi connectivity index (χ4v) is 0.480. The SMILES string of the molecule is Cl.Cn1cc(N)c(F)n1. The second kappa shape index (κ2) is 2.68. The van der Waals surface area contributed by atoms with Gasteiger partial charge in [-0.15, -0.1) is 17.5 Å². The van der Waals surface area contributed by atoms with Crippen molar-refractivity contribution >= 4 is 18.1 Å². The van der Waals surface area contributed by atoms with Gasteiger partial charge in [-0.2, -0.15) is 4.39 Å². The van der Waals surface area contributed by atoms with Gasteiger partial charge in [0.2, 0.25) is 0 Å². The predicted molar refractivity (Wildman–Crippen MR) is 34.8 cm³/mol. The van der Waals surface area contributed by atoms with Crippen molar-refractivity contribution in [3.63, 3.8) is 0 Å². The van der Waals surface area contributed by atoms with Gasteiger partial charge in [-0.05, 0) is 0 Å². The molecule has 0 bridgehead atoms. The zero-order valence-corrected chi connectivity index (χ0v) is 5.65. The molecule has 0 aliphatic rings. The smallest absolute Gasteiger partial charge is 0.255 e. The Hall–Kier alpha value is -0.770. The summed E-state index contributed by atoms with van der Waals surface area (Å²) in [7, 11) is 1.61. The summed E-state index contributed by atoms with van der Waals surface area (Å²) in [5, 5.41) is 3.34. The molecule has 3 nitrogen and oxygen atoms in total.